The summed E-state index contributed by atoms with van der Waals surface area (Å²) in [6.45, 7) is 4.62. The van der Waals surface area contributed by atoms with Crippen molar-refractivity contribution in [3.8, 4) is 0 Å². The molecule has 0 N–H and O–H groups in total. The first-order chi connectivity index (χ1) is 25.9. The third kappa shape index (κ3) is 38.2. The molecule has 0 saturated heterocycles. The van der Waals surface area contributed by atoms with Gasteiger partial charge in [0.05, 0.1) is 0 Å². The third-order valence-electron chi connectivity index (χ3n) is 11.3. The number of benzene rings is 1. The van der Waals surface area contributed by atoms with Crippen LogP contribution in [0, 0.1) is 6.07 Å². The average Bonchev–Trinajstić information content (AvgIpc) is 3.16. The van der Waals surface area contributed by atoms with Crippen molar-refractivity contribution in [1.29, 1.82) is 0 Å². The van der Waals surface area contributed by atoms with Gasteiger partial charge in [0.2, 0.25) is 0 Å². The van der Waals surface area contributed by atoms with Crippen LogP contribution >= 0.6 is 23.5 Å². The molecule has 0 bridgehead atoms. The second kappa shape index (κ2) is 43.6. The molecule has 0 fully saturated rings. The van der Waals surface area contributed by atoms with Gasteiger partial charge in [-0.15, -0.1) is 23.5 Å². The highest BCUT2D eigenvalue weighted by Crippen LogP contribution is 2.27. The van der Waals surface area contributed by atoms with E-state index in [9.17, 15) is 0 Å². The fraction of sp³-hybridized carbons (Fsp3) is 0.880. The van der Waals surface area contributed by atoms with Crippen LogP contribution in [-0.2, 0) is 0 Å². The maximum atomic E-state index is 3.42. The van der Waals surface area contributed by atoms with Gasteiger partial charge in [0.1, 0.15) is 0 Å². The minimum absolute atomic E-state index is 1.26. The molecule has 0 spiro atoms. The van der Waals surface area contributed by atoms with E-state index in [1.807, 2.05) is 23.5 Å². The Morgan fingerprint density at radius 1 is 0.288 bits per heavy atom. The molecule has 0 aliphatic carbocycles. The number of rotatable bonds is 44. The van der Waals surface area contributed by atoms with Gasteiger partial charge >= 0.3 is 0 Å². The Labute approximate surface area is 338 Å². The molecule has 0 heterocycles. The highest BCUT2D eigenvalue weighted by atomic mass is 32.2. The van der Waals surface area contributed by atoms with Crippen molar-refractivity contribution in [1.82, 2.24) is 0 Å². The van der Waals surface area contributed by atoms with Crippen LogP contribution in [0.2, 0.25) is 0 Å². The Morgan fingerprint density at radius 2 is 0.481 bits per heavy atom. The predicted molar refractivity (Wildman–Crippen MR) is 243 cm³/mol. The Hall–Kier alpha value is -0.0800. The molecule has 0 aliphatic heterocycles. The number of unbranched alkanes of at least 4 members (excludes halogenated alkanes) is 38. The van der Waals surface area contributed by atoms with E-state index >= 15 is 0 Å². The lowest BCUT2D eigenvalue weighted by atomic mass is 10.0. The molecule has 0 aliphatic rings. The fourth-order valence-electron chi connectivity index (χ4n) is 7.69. The summed E-state index contributed by atoms with van der Waals surface area (Å²) in [5.74, 6) is 2.53. The second-order valence-electron chi connectivity index (χ2n) is 16.5. The van der Waals surface area contributed by atoms with Crippen molar-refractivity contribution in [2.75, 3.05) is 11.5 Å². The van der Waals surface area contributed by atoms with Crippen molar-refractivity contribution in [3.05, 3.63) is 24.3 Å². The predicted octanol–water partition coefficient (Wildman–Crippen LogP) is 19.3. The Kier molecular flexibility index (Phi) is 41.9. The van der Waals surface area contributed by atoms with Crippen molar-refractivity contribution >= 4 is 23.5 Å². The molecular formula is C50H93S2. The van der Waals surface area contributed by atoms with Gasteiger partial charge in [0.25, 0.3) is 0 Å². The molecule has 0 amide bonds. The van der Waals surface area contributed by atoms with Crippen LogP contribution in [0.4, 0.5) is 0 Å². The summed E-state index contributed by atoms with van der Waals surface area (Å²) in [7, 11) is 0. The van der Waals surface area contributed by atoms with Crippen LogP contribution in [0.1, 0.15) is 271 Å². The molecule has 1 aromatic carbocycles. The smallest absolute Gasteiger partial charge is 0.00892 e. The van der Waals surface area contributed by atoms with E-state index in [0.717, 1.165) is 0 Å². The molecule has 0 unspecified atom stereocenters. The first-order valence-corrected chi connectivity index (χ1v) is 26.1. The summed E-state index contributed by atoms with van der Waals surface area (Å²) in [6, 6.07) is 10.2. The van der Waals surface area contributed by atoms with Gasteiger partial charge < -0.3 is 0 Å². The van der Waals surface area contributed by atoms with Crippen LogP contribution in [0.25, 0.3) is 0 Å². The first-order valence-electron chi connectivity index (χ1n) is 24.1. The van der Waals surface area contributed by atoms with Crippen molar-refractivity contribution < 1.29 is 0 Å². The molecule has 305 valence electrons. The highest BCUT2D eigenvalue weighted by Gasteiger charge is 2.01. The van der Waals surface area contributed by atoms with Gasteiger partial charge in [-0.2, -0.15) is 0 Å². The van der Waals surface area contributed by atoms with E-state index in [4.69, 9.17) is 0 Å². The number of thioether (sulfide) groups is 2. The van der Waals surface area contributed by atoms with E-state index in [0.29, 0.717) is 0 Å². The Balaban J connectivity index is 1.79. The monoisotopic (exact) mass is 758 g/mol. The van der Waals surface area contributed by atoms with E-state index in [-0.39, 0.29) is 0 Å². The summed E-state index contributed by atoms with van der Waals surface area (Å²) < 4.78 is 0. The molecule has 1 radical (unpaired) electrons. The third-order valence-corrected chi connectivity index (χ3v) is 13.4. The van der Waals surface area contributed by atoms with Gasteiger partial charge in [-0.25, -0.2) is 0 Å². The summed E-state index contributed by atoms with van der Waals surface area (Å²) in [4.78, 5) is 2.85. The lowest BCUT2D eigenvalue weighted by molar-refractivity contribution is 0.523. The van der Waals surface area contributed by atoms with Gasteiger partial charge in [-0.05, 0) is 48.6 Å². The molecule has 1 aromatic rings. The van der Waals surface area contributed by atoms with Crippen LogP contribution in [0.5, 0.6) is 0 Å². The Morgan fingerprint density at radius 3 is 0.692 bits per heavy atom. The summed E-state index contributed by atoms with van der Waals surface area (Å²) in [5.41, 5.74) is 0. The summed E-state index contributed by atoms with van der Waals surface area (Å²) in [6.07, 6.45) is 58.2. The maximum absolute atomic E-state index is 3.42. The zero-order chi connectivity index (χ0) is 37.1. The molecular weight excluding hydrogens is 665 g/mol. The largest absolute Gasteiger partial charge is 0.126 e. The number of hydrogen-bond donors (Lipinski definition) is 0. The number of hydrogen-bond acceptors (Lipinski definition) is 2. The minimum Gasteiger partial charge on any atom is -0.126 e. The summed E-state index contributed by atoms with van der Waals surface area (Å²) in [5, 5.41) is 0. The van der Waals surface area contributed by atoms with Crippen LogP contribution in [-0.4, -0.2) is 11.5 Å². The lowest BCUT2D eigenvalue weighted by Crippen LogP contribution is -1.86. The Bertz CT molecular complexity index is 729. The highest BCUT2D eigenvalue weighted by molar-refractivity contribution is 8.00. The van der Waals surface area contributed by atoms with Crippen molar-refractivity contribution in [2.24, 2.45) is 0 Å². The van der Waals surface area contributed by atoms with Crippen molar-refractivity contribution in [2.45, 2.75) is 280 Å². The molecule has 0 nitrogen and oxygen atoms in total. The zero-order valence-electron chi connectivity index (χ0n) is 35.7. The van der Waals surface area contributed by atoms with Gasteiger partial charge in [0, 0.05) is 9.79 Å². The molecule has 52 heavy (non-hydrogen) atoms. The maximum Gasteiger partial charge on any atom is 0.00892 e. The van der Waals surface area contributed by atoms with Crippen LogP contribution < -0.4 is 0 Å². The molecule has 2 heteroatoms. The van der Waals surface area contributed by atoms with E-state index in [2.05, 4.69) is 38.1 Å². The van der Waals surface area contributed by atoms with E-state index < -0.39 is 0 Å². The summed E-state index contributed by atoms with van der Waals surface area (Å²) >= 11 is 4.10. The quantitative estimate of drug-likeness (QED) is 0.0480. The molecule has 0 saturated carbocycles. The van der Waals surface area contributed by atoms with Crippen LogP contribution in [0.3, 0.4) is 0 Å². The van der Waals surface area contributed by atoms with E-state index in [1.165, 1.54) is 278 Å². The zero-order valence-corrected chi connectivity index (χ0v) is 37.4. The standard InChI is InChI=1S/C50H93S2/c1-3-5-7-9-11-13-15-17-19-21-23-25-27-29-31-33-35-37-39-41-46-51-49-44-43-45-50(48-49)52-47-42-40-38-36-34-32-30-28-26-24-22-20-18-16-14-12-10-8-6-4-2/h44-45,48H,3-42,46-47H2,1-2H3. The van der Waals surface area contributed by atoms with Gasteiger partial charge in [0.15, 0.2) is 0 Å². The van der Waals surface area contributed by atoms with Crippen molar-refractivity contribution in [3.63, 3.8) is 0 Å². The second-order valence-corrected chi connectivity index (χ2v) is 18.9. The SMILES string of the molecule is CCCCCCCCCCCCCCCCCCCCCCSc1c[c]cc(SCCCCCCCCCCCCCCCCCCCCCC)c1. The lowest BCUT2D eigenvalue weighted by Gasteiger charge is -2.06. The minimum atomic E-state index is 1.26. The molecule has 0 aromatic heterocycles. The first kappa shape index (κ1) is 49.9. The van der Waals surface area contributed by atoms with Crippen LogP contribution in [0.15, 0.2) is 28.0 Å². The molecule has 0 atom stereocenters. The average molecular weight is 758 g/mol. The van der Waals surface area contributed by atoms with E-state index in [1.54, 1.807) is 0 Å². The van der Waals surface area contributed by atoms with Gasteiger partial charge in [-0.3, -0.25) is 0 Å². The normalized spacial score (nSPS) is 11.6. The molecule has 1 rings (SSSR count). The van der Waals surface area contributed by atoms with Gasteiger partial charge in [-0.1, -0.05) is 258 Å². The topological polar surface area (TPSA) is 0 Å². The fourth-order valence-corrected chi connectivity index (χ4v) is 9.66.